The van der Waals surface area contributed by atoms with Gasteiger partial charge >= 0.3 is 0 Å². The number of fused-ring (bicyclic) bond motifs is 1. The predicted molar refractivity (Wildman–Crippen MR) is 152 cm³/mol. The Labute approximate surface area is 221 Å². The zero-order valence-electron chi connectivity index (χ0n) is 21.0. The summed E-state index contributed by atoms with van der Waals surface area (Å²) in [6, 6.07) is 29.2. The van der Waals surface area contributed by atoms with Gasteiger partial charge in [-0.1, -0.05) is 59.6 Å². The molecule has 4 nitrogen and oxygen atoms in total. The summed E-state index contributed by atoms with van der Waals surface area (Å²) < 4.78 is 5.96. The quantitative estimate of drug-likeness (QED) is 0.252. The van der Waals surface area contributed by atoms with E-state index in [0.29, 0.717) is 22.9 Å². The van der Waals surface area contributed by atoms with Crippen LogP contribution in [0.4, 0.5) is 5.69 Å². The summed E-state index contributed by atoms with van der Waals surface area (Å²) in [6.07, 6.45) is 0. The first-order chi connectivity index (χ1) is 17.9. The van der Waals surface area contributed by atoms with E-state index < -0.39 is 0 Å². The summed E-state index contributed by atoms with van der Waals surface area (Å²) in [7, 11) is 0. The van der Waals surface area contributed by atoms with Crippen LogP contribution in [0.2, 0.25) is 5.02 Å². The van der Waals surface area contributed by atoms with Gasteiger partial charge in [0.05, 0.1) is 16.8 Å². The summed E-state index contributed by atoms with van der Waals surface area (Å²) in [5.41, 5.74) is 7.78. The molecule has 0 bridgehead atoms. The molecule has 0 radical (unpaired) electrons. The predicted octanol–water partition coefficient (Wildman–Crippen LogP) is 8.31. The van der Waals surface area contributed by atoms with Crippen LogP contribution in [0.1, 0.15) is 32.6 Å². The fraction of sp³-hybridized carbons (Fsp3) is 0.125. The van der Waals surface area contributed by atoms with E-state index in [9.17, 15) is 4.79 Å². The van der Waals surface area contributed by atoms with Crippen LogP contribution >= 0.6 is 11.6 Å². The molecule has 0 atom stereocenters. The Kier molecular flexibility index (Phi) is 6.93. The van der Waals surface area contributed by atoms with Crippen LogP contribution in [0.25, 0.3) is 22.2 Å². The molecule has 4 aromatic carbocycles. The van der Waals surface area contributed by atoms with Crippen molar-refractivity contribution in [1.82, 2.24) is 4.98 Å². The monoisotopic (exact) mass is 506 g/mol. The number of rotatable bonds is 6. The van der Waals surface area contributed by atoms with Crippen LogP contribution in [-0.2, 0) is 6.61 Å². The lowest BCUT2D eigenvalue weighted by Crippen LogP contribution is -2.15. The van der Waals surface area contributed by atoms with Gasteiger partial charge in [-0.25, -0.2) is 4.98 Å². The lowest BCUT2D eigenvalue weighted by Gasteiger charge is -2.17. The average molecular weight is 507 g/mol. The molecule has 0 saturated heterocycles. The fourth-order valence-corrected chi connectivity index (χ4v) is 4.79. The minimum Gasteiger partial charge on any atom is -0.489 e. The number of benzene rings is 4. The van der Waals surface area contributed by atoms with Crippen molar-refractivity contribution in [3.8, 4) is 17.0 Å². The highest BCUT2D eigenvalue weighted by Gasteiger charge is 2.20. The first-order valence-corrected chi connectivity index (χ1v) is 12.5. The number of aryl methyl sites for hydroxylation is 2. The Balaban J connectivity index is 1.53. The number of halogens is 1. The molecule has 0 spiro atoms. The lowest BCUT2D eigenvalue weighted by molar-refractivity contribution is 0.102. The van der Waals surface area contributed by atoms with E-state index in [4.69, 9.17) is 21.3 Å². The normalized spacial score (nSPS) is 10.9. The van der Waals surface area contributed by atoms with Crippen molar-refractivity contribution >= 4 is 34.1 Å². The fourth-order valence-electron chi connectivity index (χ4n) is 4.60. The van der Waals surface area contributed by atoms with Crippen molar-refractivity contribution in [2.45, 2.75) is 27.4 Å². The topological polar surface area (TPSA) is 51.2 Å². The molecule has 37 heavy (non-hydrogen) atoms. The minimum atomic E-state index is -0.193. The largest absolute Gasteiger partial charge is 0.489 e. The van der Waals surface area contributed by atoms with Gasteiger partial charge in [-0.15, -0.1) is 0 Å². The number of hydrogen-bond acceptors (Lipinski definition) is 3. The number of amides is 1. The number of carbonyl (C=O) groups is 1. The molecule has 0 aliphatic heterocycles. The molecule has 1 heterocycles. The third kappa shape index (κ3) is 5.35. The first-order valence-electron chi connectivity index (χ1n) is 12.1. The van der Waals surface area contributed by atoms with E-state index in [1.807, 2.05) is 93.6 Å². The van der Waals surface area contributed by atoms with Gasteiger partial charge in [0.15, 0.2) is 0 Å². The Morgan fingerprint density at radius 1 is 0.892 bits per heavy atom. The molecule has 5 heteroatoms. The standard InChI is InChI=1S/C32H27ClN2O2/c1-20-16-21(2)30-28(17-20)29(32(36)34-26-11-7-10-25(33)18-26)22(3)31(35-30)24-12-14-27(15-13-24)37-19-23-8-5-4-6-9-23/h4-18H,19H2,1-3H3,(H,34,36). The summed E-state index contributed by atoms with van der Waals surface area (Å²) in [6.45, 7) is 6.51. The van der Waals surface area contributed by atoms with Crippen molar-refractivity contribution in [2.24, 2.45) is 0 Å². The number of aromatic nitrogens is 1. The van der Waals surface area contributed by atoms with Gasteiger partial charge in [0.2, 0.25) is 0 Å². The second kappa shape index (κ2) is 10.5. The number of nitrogens with one attached hydrogen (secondary N) is 1. The van der Waals surface area contributed by atoms with Gasteiger partial charge < -0.3 is 10.1 Å². The van der Waals surface area contributed by atoms with E-state index in [1.54, 1.807) is 12.1 Å². The van der Waals surface area contributed by atoms with E-state index in [-0.39, 0.29) is 5.91 Å². The van der Waals surface area contributed by atoms with Crippen LogP contribution < -0.4 is 10.1 Å². The summed E-state index contributed by atoms with van der Waals surface area (Å²) in [5, 5.41) is 4.42. The van der Waals surface area contributed by atoms with Gasteiger partial charge in [0.25, 0.3) is 5.91 Å². The summed E-state index contributed by atoms with van der Waals surface area (Å²) in [4.78, 5) is 18.7. The van der Waals surface area contributed by atoms with Crippen molar-refractivity contribution in [2.75, 3.05) is 5.32 Å². The van der Waals surface area contributed by atoms with E-state index >= 15 is 0 Å². The maximum atomic E-state index is 13.6. The maximum Gasteiger partial charge on any atom is 0.256 e. The molecule has 0 aliphatic carbocycles. The van der Waals surface area contributed by atoms with Crippen LogP contribution in [0.3, 0.4) is 0 Å². The number of anilines is 1. The van der Waals surface area contributed by atoms with Crippen molar-refractivity contribution in [1.29, 1.82) is 0 Å². The SMILES string of the molecule is Cc1cc(C)c2nc(-c3ccc(OCc4ccccc4)cc3)c(C)c(C(=O)Nc3cccc(Cl)c3)c2c1. The third-order valence-corrected chi connectivity index (χ3v) is 6.59. The zero-order chi connectivity index (χ0) is 25.9. The van der Waals surface area contributed by atoms with Crippen LogP contribution in [-0.4, -0.2) is 10.9 Å². The van der Waals surface area contributed by atoms with Gasteiger partial charge in [-0.2, -0.15) is 0 Å². The molecule has 0 aliphatic rings. The van der Waals surface area contributed by atoms with Crippen molar-refractivity contribution in [3.63, 3.8) is 0 Å². The average Bonchev–Trinajstić information content (AvgIpc) is 2.88. The summed E-state index contributed by atoms with van der Waals surface area (Å²) in [5.74, 6) is 0.581. The van der Waals surface area contributed by atoms with Crippen LogP contribution in [0.5, 0.6) is 5.75 Å². The molecule has 0 saturated carbocycles. The number of nitrogens with zero attached hydrogens (tertiary/aromatic N) is 1. The lowest BCUT2D eigenvalue weighted by atomic mass is 9.94. The Morgan fingerprint density at radius 2 is 1.65 bits per heavy atom. The van der Waals surface area contributed by atoms with Crippen LogP contribution in [0, 0.1) is 20.8 Å². The Bertz CT molecular complexity index is 1600. The molecular weight excluding hydrogens is 480 g/mol. The van der Waals surface area contributed by atoms with E-state index in [1.165, 1.54) is 0 Å². The molecule has 1 N–H and O–H groups in total. The van der Waals surface area contributed by atoms with Gasteiger partial charge in [0, 0.05) is 21.7 Å². The molecule has 1 amide bonds. The van der Waals surface area contributed by atoms with Gasteiger partial charge in [-0.3, -0.25) is 4.79 Å². The summed E-state index contributed by atoms with van der Waals surface area (Å²) >= 11 is 6.15. The second-order valence-corrected chi connectivity index (χ2v) is 9.64. The molecular formula is C32H27ClN2O2. The number of ether oxygens (including phenoxy) is 1. The highest BCUT2D eigenvalue weighted by atomic mass is 35.5. The molecule has 1 aromatic heterocycles. The maximum absolute atomic E-state index is 13.6. The number of carbonyl (C=O) groups excluding carboxylic acids is 1. The minimum absolute atomic E-state index is 0.193. The second-order valence-electron chi connectivity index (χ2n) is 9.20. The smallest absolute Gasteiger partial charge is 0.256 e. The number of pyridine rings is 1. The van der Waals surface area contributed by atoms with Crippen molar-refractivity contribution < 1.29 is 9.53 Å². The van der Waals surface area contributed by atoms with Crippen molar-refractivity contribution in [3.05, 3.63) is 124 Å². The third-order valence-electron chi connectivity index (χ3n) is 6.35. The highest BCUT2D eigenvalue weighted by molar-refractivity contribution is 6.31. The molecule has 5 aromatic rings. The Morgan fingerprint density at radius 3 is 2.38 bits per heavy atom. The van der Waals surface area contributed by atoms with Crippen LogP contribution in [0.15, 0.2) is 91.0 Å². The zero-order valence-corrected chi connectivity index (χ0v) is 21.8. The van der Waals surface area contributed by atoms with E-state index in [0.717, 1.165) is 50.2 Å². The van der Waals surface area contributed by atoms with E-state index in [2.05, 4.69) is 11.4 Å². The Hall–Kier alpha value is -4.15. The highest BCUT2D eigenvalue weighted by Crippen LogP contribution is 2.33. The number of hydrogen-bond donors (Lipinski definition) is 1. The van der Waals surface area contributed by atoms with Gasteiger partial charge in [0.1, 0.15) is 12.4 Å². The van der Waals surface area contributed by atoms with Gasteiger partial charge in [-0.05, 0) is 86.0 Å². The molecule has 5 rings (SSSR count). The molecule has 0 fully saturated rings. The molecule has 184 valence electrons. The molecule has 0 unspecified atom stereocenters. The first kappa shape index (κ1) is 24.5.